The van der Waals surface area contributed by atoms with Crippen molar-refractivity contribution < 1.29 is 19.4 Å². The van der Waals surface area contributed by atoms with Gasteiger partial charge in [-0.2, -0.15) is 0 Å². The van der Waals surface area contributed by atoms with E-state index in [1.807, 2.05) is 6.92 Å². The number of alkyl halides is 1. The lowest BCUT2D eigenvalue weighted by atomic mass is 10.0. The van der Waals surface area contributed by atoms with E-state index >= 15 is 0 Å². The van der Waals surface area contributed by atoms with Gasteiger partial charge in [0.25, 0.3) is 0 Å². The van der Waals surface area contributed by atoms with Crippen LogP contribution >= 0.6 is 39.1 Å². The molecule has 0 aromatic heterocycles. The maximum Gasteiger partial charge on any atom is 0.169 e. The van der Waals surface area contributed by atoms with E-state index < -0.39 is 12.6 Å². The second-order valence-electron chi connectivity index (χ2n) is 4.41. The van der Waals surface area contributed by atoms with Crippen LogP contribution in [-0.2, 0) is 4.79 Å². The molecule has 1 aromatic rings. The Kier molecular flexibility index (Phi) is 4.62. The number of ether oxygens (including phenoxy) is 1. The molecule has 0 saturated carbocycles. The molecule has 20 heavy (non-hydrogen) atoms. The van der Waals surface area contributed by atoms with E-state index in [1.165, 1.54) is 0 Å². The second-order valence-corrected chi connectivity index (χ2v) is 6.15. The van der Waals surface area contributed by atoms with Crippen LogP contribution in [0.3, 0.4) is 0 Å². The number of hydrogen-bond acceptors (Lipinski definition) is 4. The molecule has 0 fully saturated rings. The number of carboxylic acid groups (broad SMARTS) is 1. The predicted octanol–water partition coefficient (Wildman–Crippen LogP) is 2.78. The standard InChI is InChI=1S/C13H11BrCl2O4/c1-2-5-10(14)6-3-7(20-4-8(17)18)11(15)12(16)9(6)13(5)19/h3,5,10H,2,4H2,1H3,(H,17,18)/p-1. The molecule has 7 heteroatoms. The number of carbonyl (C=O) groups is 2. The Labute approximate surface area is 134 Å². The number of hydrogen-bond donors (Lipinski definition) is 0. The first-order valence-electron chi connectivity index (χ1n) is 5.91. The zero-order valence-corrected chi connectivity index (χ0v) is 13.5. The Bertz CT molecular complexity index is 588. The molecule has 0 saturated heterocycles. The molecule has 2 atom stereocenters. The number of aliphatic carboxylic acids is 1. The van der Waals surface area contributed by atoms with Crippen molar-refractivity contribution in [1.82, 2.24) is 0 Å². The van der Waals surface area contributed by atoms with Crippen molar-refractivity contribution in [3.63, 3.8) is 0 Å². The minimum absolute atomic E-state index is 0.0384. The van der Waals surface area contributed by atoms with Gasteiger partial charge in [0.1, 0.15) is 17.4 Å². The third-order valence-corrected chi connectivity index (χ3v) is 5.20. The summed E-state index contributed by atoms with van der Waals surface area (Å²) in [7, 11) is 0. The predicted molar refractivity (Wildman–Crippen MR) is 76.7 cm³/mol. The molecule has 0 N–H and O–H groups in total. The van der Waals surface area contributed by atoms with Crippen LogP contribution in [0.25, 0.3) is 0 Å². The Hall–Kier alpha value is -0.780. The van der Waals surface area contributed by atoms with Crippen LogP contribution in [0.15, 0.2) is 6.07 Å². The maximum atomic E-state index is 12.3. The van der Waals surface area contributed by atoms with Crippen LogP contribution < -0.4 is 9.84 Å². The number of ketones is 1. The summed E-state index contributed by atoms with van der Waals surface area (Å²) in [5, 5.41) is 10.6. The van der Waals surface area contributed by atoms with Crippen LogP contribution in [0.1, 0.15) is 34.1 Å². The number of rotatable bonds is 4. The van der Waals surface area contributed by atoms with Crippen molar-refractivity contribution in [2.24, 2.45) is 5.92 Å². The number of carbonyl (C=O) groups excluding carboxylic acids is 2. The highest BCUT2D eigenvalue weighted by atomic mass is 79.9. The average molecular weight is 381 g/mol. The zero-order chi connectivity index (χ0) is 15.0. The lowest BCUT2D eigenvalue weighted by molar-refractivity contribution is -0.307. The molecule has 0 bridgehead atoms. The van der Waals surface area contributed by atoms with Gasteiger partial charge >= 0.3 is 0 Å². The molecule has 0 amide bonds. The van der Waals surface area contributed by atoms with Crippen molar-refractivity contribution in [2.75, 3.05) is 6.61 Å². The minimum Gasteiger partial charge on any atom is -0.546 e. The first kappa shape index (κ1) is 15.6. The Balaban J connectivity index is 2.48. The van der Waals surface area contributed by atoms with E-state index in [0.717, 1.165) is 0 Å². The van der Waals surface area contributed by atoms with Crippen LogP contribution in [0.4, 0.5) is 0 Å². The topological polar surface area (TPSA) is 66.4 Å². The highest BCUT2D eigenvalue weighted by Crippen LogP contribution is 2.50. The van der Waals surface area contributed by atoms with E-state index in [1.54, 1.807) is 6.07 Å². The quantitative estimate of drug-likeness (QED) is 0.753. The first-order chi connectivity index (χ1) is 9.38. The van der Waals surface area contributed by atoms with Crippen molar-refractivity contribution >= 4 is 50.9 Å². The average Bonchev–Trinajstić information content (AvgIpc) is 2.63. The van der Waals surface area contributed by atoms with Gasteiger partial charge in [-0.25, -0.2) is 0 Å². The molecule has 0 heterocycles. The lowest BCUT2D eigenvalue weighted by Gasteiger charge is -2.13. The highest BCUT2D eigenvalue weighted by Gasteiger charge is 2.40. The molecule has 0 spiro atoms. The molecule has 4 nitrogen and oxygen atoms in total. The Morgan fingerprint density at radius 3 is 2.65 bits per heavy atom. The van der Waals surface area contributed by atoms with Gasteiger partial charge in [-0.3, -0.25) is 4.79 Å². The van der Waals surface area contributed by atoms with Gasteiger partial charge < -0.3 is 14.6 Å². The first-order valence-corrected chi connectivity index (χ1v) is 7.58. The SMILES string of the molecule is CCC1C(=O)c2c(cc(OCC(=O)[O-])c(Cl)c2Cl)C1Br. The molecular formula is C13H10BrCl2O4-. The molecule has 1 aliphatic rings. The number of Topliss-reactive ketones (excluding diaryl/α,β-unsaturated/α-hetero) is 1. The Morgan fingerprint density at radius 1 is 1.45 bits per heavy atom. The molecule has 1 aromatic carbocycles. The maximum absolute atomic E-state index is 12.3. The van der Waals surface area contributed by atoms with E-state index in [9.17, 15) is 14.7 Å². The fraction of sp³-hybridized carbons (Fsp3) is 0.385. The van der Waals surface area contributed by atoms with Crippen LogP contribution in [0, 0.1) is 5.92 Å². The van der Waals surface area contributed by atoms with E-state index in [-0.39, 0.29) is 32.3 Å². The third kappa shape index (κ3) is 2.54. The fourth-order valence-electron chi connectivity index (χ4n) is 2.26. The summed E-state index contributed by atoms with van der Waals surface area (Å²) in [6.45, 7) is 1.28. The molecule has 108 valence electrons. The number of carboxylic acids is 1. The summed E-state index contributed by atoms with van der Waals surface area (Å²) in [6, 6.07) is 1.56. The molecule has 2 unspecified atom stereocenters. The van der Waals surface area contributed by atoms with Crippen molar-refractivity contribution in [3.8, 4) is 5.75 Å². The minimum atomic E-state index is -1.37. The number of halogens is 3. The van der Waals surface area contributed by atoms with Gasteiger partial charge in [0.15, 0.2) is 5.78 Å². The van der Waals surface area contributed by atoms with Crippen LogP contribution in [0.5, 0.6) is 5.75 Å². The number of fused-ring (bicyclic) bond motifs is 1. The van der Waals surface area contributed by atoms with Gasteiger partial charge in [0.05, 0.1) is 15.8 Å². The lowest BCUT2D eigenvalue weighted by Crippen LogP contribution is -2.29. The smallest absolute Gasteiger partial charge is 0.169 e. The monoisotopic (exact) mass is 379 g/mol. The summed E-state index contributed by atoms with van der Waals surface area (Å²) >= 11 is 15.6. The van der Waals surface area contributed by atoms with E-state index in [2.05, 4.69) is 15.9 Å². The molecule has 2 rings (SSSR count). The van der Waals surface area contributed by atoms with Gasteiger partial charge in [0.2, 0.25) is 0 Å². The third-order valence-electron chi connectivity index (χ3n) is 3.22. The van der Waals surface area contributed by atoms with Crippen molar-refractivity contribution in [2.45, 2.75) is 18.2 Å². The van der Waals surface area contributed by atoms with Gasteiger partial charge in [0, 0.05) is 11.5 Å². The van der Waals surface area contributed by atoms with Gasteiger partial charge in [-0.1, -0.05) is 46.1 Å². The van der Waals surface area contributed by atoms with Crippen LogP contribution in [0.2, 0.25) is 10.0 Å². The number of benzene rings is 1. The molecular weight excluding hydrogens is 371 g/mol. The largest absolute Gasteiger partial charge is 0.546 e. The highest BCUT2D eigenvalue weighted by molar-refractivity contribution is 9.09. The summed E-state index contributed by atoms with van der Waals surface area (Å²) in [6.07, 6.45) is 0.659. The van der Waals surface area contributed by atoms with E-state index in [0.29, 0.717) is 17.5 Å². The summed E-state index contributed by atoms with van der Waals surface area (Å²) in [4.78, 5) is 22.5. The molecule has 0 aliphatic heterocycles. The van der Waals surface area contributed by atoms with Gasteiger partial charge in [-0.05, 0) is 18.1 Å². The van der Waals surface area contributed by atoms with Crippen molar-refractivity contribution in [3.05, 3.63) is 27.2 Å². The Morgan fingerprint density at radius 2 is 2.10 bits per heavy atom. The van der Waals surface area contributed by atoms with Crippen molar-refractivity contribution in [1.29, 1.82) is 0 Å². The second kappa shape index (κ2) is 5.92. The van der Waals surface area contributed by atoms with E-state index in [4.69, 9.17) is 27.9 Å². The van der Waals surface area contributed by atoms with Gasteiger partial charge in [-0.15, -0.1) is 0 Å². The van der Waals surface area contributed by atoms with Crippen LogP contribution in [-0.4, -0.2) is 18.4 Å². The molecule has 1 aliphatic carbocycles. The zero-order valence-electron chi connectivity index (χ0n) is 10.4. The summed E-state index contributed by atoms with van der Waals surface area (Å²) in [5.74, 6) is -1.51. The fourth-order valence-corrected chi connectivity index (χ4v) is 3.73. The molecule has 0 radical (unpaired) electrons. The summed E-state index contributed by atoms with van der Waals surface area (Å²) in [5.41, 5.74) is 1.05. The summed E-state index contributed by atoms with van der Waals surface area (Å²) < 4.78 is 5.05. The normalized spacial score (nSPS) is 20.9.